The first-order valence-corrected chi connectivity index (χ1v) is 6.59. The number of carbonyl (C=O) groups excluding carboxylic acids is 1. The van der Waals surface area contributed by atoms with Crippen LogP contribution in [0.5, 0.6) is 0 Å². The van der Waals surface area contributed by atoms with Crippen molar-refractivity contribution in [2.45, 2.75) is 13.8 Å². The number of hydrogen-bond acceptors (Lipinski definition) is 5. The van der Waals surface area contributed by atoms with Crippen LogP contribution in [0.25, 0.3) is 5.69 Å². The van der Waals surface area contributed by atoms with E-state index in [9.17, 15) is 4.79 Å². The number of nitrogens with zero attached hydrogens (tertiary/aromatic N) is 3. The van der Waals surface area contributed by atoms with Gasteiger partial charge in [-0.3, -0.25) is 4.57 Å². The maximum Gasteiger partial charge on any atom is 0.360 e. The summed E-state index contributed by atoms with van der Waals surface area (Å²) in [7, 11) is 0. The molecule has 0 atom stereocenters. The molecule has 1 aromatic carbocycles. The molecule has 0 saturated heterocycles. The van der Waals surface area contributed by atoms with Gasteiger partial charge in [0.1, 0.15) is 11.6 Å². The topological polar surface area (TPSA) is 93.9 Å². The van der Waals surface area contributed by atoms with Crippen LogP contribution in [0.1, 0.15) is 28.8 Å². The molecular formula is C14H13ClN4O2. The SMILES string of the molecule is CCOC(=O)c1nc(C)n(-c2cc(C#N)ccc2Cl)c1N. The summed E-state index contributed by atoms with van der Waals surface area (Å²) in [5.74, 6) is 0.0138. The number of anilines is 1. The molecule has 0 fully saturated rings. The molecule has 108 valence electrons. The van der Waals surface area contributed by atoms with Crippen molar-refractivity contribution in [1.82, 2.24) is 9.55 Å². The standard InChI is InChI=1S/C14H13ClN4O2/c1-3-21-14(20)12-13(17)19(8(2)18-12)11-6-9(7-16)4-5-10(11)15/h4-6H,3,17H2,1-2H3. The summed E-state index contributed by atoms with van der Waals surface area (Å²) in [4.78, 5) is 15.9. The molecule has 21 heavy (non-hydrogen) atoms. The summed E-state index contributed by atoms with van der Waals surface area (Å²) in [6.45, 7) is 3.62. The van der Waals surface area contributed by atoms with Crippen molar-refractivity contribution in [3.8, 4) is 11.8 Å². The number of imidazole rings is 1. The third-order valence-corrected chi connectivity index (χ3v) is 3.19. The van der Waals surface area contributed by atoms with E-state index in [-0.39, 0.29) is 18.1 Å². The monoisotopic (exact) mass is 304 g/mol. The number of nitrogens with two attached hydrogens (primary N) is 1. The predicted molar refractivity (Wildman–Crippen MR) is 78.4 cm³/mol. The number of halogens is 1. The number of aromatic nitrogens is 2. The van der Waals surface area contributed by atoms with Crippen molar-refractivity contribution in [3.05, 3.63) is 40.3 Å². The number of benzene rings is 1. The van der Waals surface area contributed by atoms with Gasteiger partial charge >= 0.3 is 5.97 Å². The second kappa shape index (κ2) is 5.85. The van der Waals surface area contributed by atoms with Gasteiger partial charge in [0.05, 0.1) is 28.9 Å². The number of esters is 1. The summed E-state index contributed by atoms with van der Waals surface area (Å²) in [6.07, 6.45) is 0. The van der Waals surface area contributed by atoms with Crippen molar-refractivity contribution in [2.75, 3.05) is 12.3 Å². The van der Waals surface area contributed by atoms with Crippen molar-refractivity contribution < 1.29 is 9.53 Å². The van der Waals surface area contributed by atoms with Crippen molar-refractivity contribution >= 4 is 23.4 Å². The van der Waals surface area contributed by atoms with E-state index in [4.69, 9.17) is 27.3 Å². The molecule has 0 amide bonds. The van der Waals surface area contributed by atoms with Gasteiger partial charge in [0.2, 0.25) is 0 Å². The molecule has 2 rings (SSSR count). The van der Waals surface area contributed by atoms with Crippen LogP contribution >= 0.6 is 11.6 Å². The average Bonchev–Trinajstić information content (AvgIpc) is 2.75. The summed E-state index contributed by atoms with van der Waals surface area (Å²) < 4.78 is 6.43. The Hall–Kier alpha value is -2.52. The summed E-state index contributed by atoms with van der Waals surface area (Å²) in [5, 5.41) is 9.38. The first-order valence-electron chi connectivity index (χ1n) is 6.21. The van der Waals surface area contributed by atoms with Gasteiger partial charge in [-0.2, -0.15) is 5.26 Å². The van der Waals surface area contributed by atoms with Crippen LogP contribution in [0.15, 0.2) is 18.2 Å². The van der Waals surface area contributed by atoms with Gasteiger partial charge in [-0.05, 0) is 32.0 Å². The lowest BCUT2D eigenvalue weighted by atomic mass is 10.2. The quantitative estimate of drug-likeness (QED) is 0.879. The Morgan fingerprint density at radius 3 is 2.90 bits per heavy atom. The average molecular weight is 305 g/mol. The minimum atomic E-state index is -0.593. The van der Waals surface area contributed by atoms with Gasteiger partial charge in [-0.15, -0.1) is 0 Å². The van der Waals surface area contributed by atoms with Crippen molar-refractivity contribution in [2.24, 2.45) is 0 Å². The predicted octanol–water partition coefficient (Wildman–Crippen LogP) is 2.46. The van der Waals surface area contributed by atoms with Crippen molar-refractivity contribution in [1.29, 1.82) is 5.26 Å². The van der Waals surface area contributed by atoms with Crippen LogP contribution in [0, 0.1) is 18.3 Å². The fourth-order valence-corrected chi connectivity index (χ4v) is 2.16. The minimum Gasteiger partial charge on any atom is -0.461 e. The molecule has 1 heterocycles. The third-order valence-electron chi connectivity index (χ3n) is 2.87. The number of ether oxygens (including phenoxy) is 1. The lowest BCUT2D eigenvalue weighted by Gasteiger charge is -2.10. The molecule has 0 saturated carbocycles. The Kier molecular flexibility index (Phi) is 4.15. The molecule has 0 aliphatic heterocycles. The van der Waals surface area contributed by atoms with Gasteiger partial charge in [-0.25, -0.2) is 9.78 Å². The van der Waals surface area contributed by atoms with Crippen molar-refractivity contribution in [3.63, 3.8) is 0 Å². The Morgan fingerprint density at radius 1 is 1.57 bits per heavy atom. The normalized spacial score (nSPS) is 10.2. The van der Waals surface area contributed by atoms with Gasteiger partial charge in [0.25, 0.3) is 0 Å². The van der Waals surface area contributed by atoms with Crippen LogP contribution in [0.4, 0.5) is 5.82 Å². The molecule has 6 nitrogen and oxygen atoms in total. The minimum absolute atomic E-state index is 0.0350. The number of carbonyl (C=O) groups is 1. The molecular weight excluding hydrogens is 292 g/mol. The largest absolute Gasteiger partial charge is 0.461 e. The fourth-order valence-electron chi connectivity index (χ4n) is 1.96. The smallest absolute Gasteiger partial charge is 0.360 e. The second-order valence-corrected chi connectivity index (χ2v) is 4.63. The first-order chi connectivity index (χ1) is 9.99. The lowest BCUT2D eigenvalue weighted by molar-refractivity contribution is 0.0521. The summed E-state index contributed by atoms with van der Waals surface area (Å²) >= 11 is 6.15. The number of nitrogen functional groups attached to an aromatic ring is 1. The van der Waals surface area contributed by atoms with E-state index < -0.39 is 5.97 Å². The van der Waals surface area contributed by atoms with E-state index in [0.29, 0.717) is 22.1 Å². The highest BCUT2D eigenvalue weighted by atomic mass is 35.5. The Labute approximate surface area is 126 Å². The highest BCUT2D eigenvalue weighted by Crippen LogP contribution is 2.27. The fraction of sp³-hybridized carbons (Fsp3) is 0.214. The number of rotatable bonds is 3. The zero-order valence-corrected chi connectivity index (χ0v) is 12.3. The van der Waals surface area contributed by atoms with E-state index in [1.807, 2.05) is 6.07 Å². The van der Waals surface area contributed by atoms with E-state index in [2.05, 4.69) is 4.98 Å². The Morgan fingerprint density at radius 2 is 2.29 bits per heavy atom. The summed E-state index contributed by atoms with van der Waals surface area (Å²) in [5.41, 5.74) is 6.95. The molecule has 0 unspecified atom stereocenters. The first kappa shape index (κ1) is 14.9. The summed E-state index contributed by atoms with van der Waals surface area (Å²) in [6, 6.07) is 6.81. The lowest BCUT2D eigenvalue weighted by Crippen LogP contribution is -2.09. The molecule has 0 radical (unpaired) electrons. The highest BCUT2D eigenvalue weighted by Gasteiger charge is 2.21. The molecule has 0 aliphatic carbocycles. The van der Waals surface area contributed by atoms with Crippen LogP contribution < -0.4 is 5.73 Å². The second-order valence-electron chi connectivity index (χ2n) is 4.23. The van der Waals surface area contributed by atoms with E-state index in [0.717, 1.165) is 0 Å². The Bertz CT molecular complexity index is 746. The van der Waals surface area contributed by atoms with Crippen LogP contribution in [0.2, 0.25) is 5.02 Å². The van der Waals surface area contributed by atoms with Crippen LogP contribution in [-0.2, 0) is 4.74 Å². The maximum atomic E-state index is 11.8. The molecule has 2 aromatic rings. The van der Waals surface area contributed by atoms with Crippen LogP contribution in [-0.4, -0.2) is 22.1 Å². The zero-order valence-electron chi connectivity index (χ0n) is 11.6. The maximum absolute atomic E-state index is 11.8. The zero-order chi connectivity index (χ0) is 15.6. The Balaban J connectivity index is 2.61. The van der Waals surface area contributed by atoms with Gasteiger partial charge in [-0.1, -0.05) is 11.6 Å². The van der Waals surface area contributed by atoms with E-state index in [1.165, 1.54) is 4.57 Å². The van der Waals surface area contributed by atoms with Crippen LogP contribution in [0.3, 0.4) is 0 Å². The van der Waals surface area contributed by atoms with E-state index >= 15 is 0 Å². The van der Waals surface area contributed by atoms with E-state index in [1.54, 1.807) is 32.0 Å². The van der Waals surface area contributed by atoms with Gasteiger partial charge in [0, 0.05) is 0 Å². The number of aryl methyl sites for hydroxylation is 1. The third kappa shape index (κ3) is 2.69. The molecule has 7 heteroatoms. The highest BCUT2D eigenvalue weighted by molar-refractivity contribution is 6.32. The molecule has 0 bridgehead atoms. The van der Waals surface area contributed by atoms with Gasteiger partial charge < -0.3 is 10.5 Å². The number of nitriles is 1. The molecule has 2 N–H and O–H groups in total. The molecule has 0 spiro atoms. The number of hydrogen-bond donors (Lipinski definition) is 1. The molecule has 1 aromatic heterocycles. The molecule has 0 aliphatic rings. The van der Waals surface area contributed by atoms with Gasteiger partial charge in [0.15, 0.2) is 5.69 Å².